The molecule has 0 saturated heterocycles. The quantitative estimate of drug-likeness (QED) is 0.289. The van der Waals surface area contributed by atoms with E-state index in [1.807, 2.05) is 84.9 Å². The van der Waals surface area contributed by atoms with Crippen LogP contribution in [-0.4, -0.2) is 9.13 Å². The third kappa shape index (κ3) is 2.82. The lowest BCUT2D eigenvalue weighted by Gasteiger charge is -2.09. The maximum Gasteiger partial charge on any atom is 0.266 e. The predicted molar refractivity (Wildman–Crippen MR) is 148 cm³/mol. The van der Waals surface area contributed by atoms with Crippen molar-refractivity contribution < 1.29 is 0 Å². The first kappa shape index (κ1) is 20.4. The molecule has 0 aliphatic rings. The van der Waals surface area contributed by atoms with Crippen molar-refractivity contribution in [3.8, 4) is 11.4 Å². The van der Waals surface area contributed by atoms with E-state index in [0.717, 1.165) is 38.3 Å². The second-order valence-electron chi connectivity index (χ2n) is 8.90. The molecule has 2 heterocycles. The smallest absolute Gasteiger partial charge is 0.266 e. The van der Waals surface area contributed by atoms with E-state index < -0.39 is 0 Å². The fraction of sp³-hybridized carbons (Fsp3) is 0. The highest BCUT2D eigenvalue weighted by molar-refractivity contribution is 6.24. The monoisotopic (exact) mass is 464 g/mol. The van der Waals surface area contributed by atoms with Crippen molar-refractivity contribution in [2.24, 2.45) is 0 Å². The second-order valence-corrected chi connectivity index (χ2v) is 8.90. The molecule has 4 heteroatoms. The minimum absolute atomic E-state index is 0.325. The number of hydrogen-bond acceptors (Lipinski definition) is 2. The van der Waals surface area contributed by atoms with Gasteiger partial charge in [-0.15, -0.1) is 0 Å². The first-order chi connectivity index (χ1) is 17.7. The Kier molecular flexibility index (Phi) is 4.42. The SMILES string of the molecule is O=c1c2ccccc2c2c(ccc3c4ccccc4n(-c4ccccc4)c32)c(=O)n1-c1ccccc1. The maximum atomic E-state index is 14.1. The number of benzene rings is 5. The van der Waals surface area contributed by atoms with Gasteiger partial charge in [-0.2, -0.15) is 0 Å². The number of nitrogens with zero attached hydrogens (tertiary/aromatic N) is 2. The molecule has 0 unspecified atom stereocenters. The number of rotatable bonds is 2. The molecule has 0 atom stereocenters. The molecule has 36 heavy (non-hydrogen) atoms. The van der Waals surface area contributed by atoms with Crippen LogP contribution in [0.5, 0.6) is 0 Å². The molecule has 0 saturated carbocycles. The van der Waals surface area contributed by atoms with Crippen LogP contribution in [0.15, 0.2) is 131 Å². The van der Waals surface area contributed by atoms with Gasteiger partial charge in [0.1, 0.15) is 0 Å². The van der Waals surface area contributed by atoms with Crippen LogP contribution < -0.4 is 11.1 Å². The molecule has 2 aromatic heterocycles. The summed E-state index contributed by atoms with van der Waals surface area (Å²) in [5.41, 5.74) is 2.87. The first-order valence-corrected chi connectivity index (χ1v) is 11.9. The van der Waals surface area contributed by atoms with Gasteiger partial charge >= 0.3 is 0 Å². The third-order valence-electron chi connectivity index (χ3n) is 6.93. The van der Waals surface area contributed by atoms with Crippen LogP contribution in [-0.2, 0) is 0 Å². The Morgan fingerprint density at radius 3 is 1.58 bits per heavy atom. The molecule has 0 N–H and O–H groups in total. The molecule has 0 fully saturated rings. The molecule has 5 aromatic carbocycles. The Labute approximate surface area is 205 Å². The van der Waals surface area contributed by atoms with E-state index in [0.29, 0.717) is 16.5 Å². The van der Waals surface area contributed by atoms with Gasteiger partial charge in [0, 0.05) is 27.2 Å². The summed E-state index contributed by atoms with van der Waals surface area (Å²) in [6.07, 6.45) is 0. The third-order valence-corrected chi connectivity index (χ3v) is 6.93. The highest BCUT2D eigenvalue weighted by atomic mass is 16.2. The largest absolute Gasteiger partial charge is 0.309 e. The molecule has 7 aromatic rings. The molecule has 0 spiro atoms. The summed E-state index contributed by atoms with van der Waals surface area (Å²) in [7, 11) is 0. The van der Waals surface area contributed by atoms with Gasteiger partial charge in [-0.3, -0.25) is 9.59 Å². The Morgan fingerprint density at radius 1 is 0.389 bits per heavy atom. The molecule has 0 aliphatic carbocycles. The zero-order chi connectivity index (χ0) is 24.2. The lowest BCUT2D eigenvalue weighted by atomic mass is 10.0. The van der Waals surface area contributed by atoms with Crippen molar-refractivity contribution in [3.63, 3.8) is 0 Å². The Hall–Kier alpha value is -4.96. The van der Waals surface area contributed by atoms with Crippen LogP contribution in [0.1, 0.15) is 0 Å². The first-order valence-electron chi connectivity index (χ1n) is 11.9. The van der Waals surface area contributed by atoms with E-state index in [-0.39, 0.29) is 11.1 Å². The minimum atomic E-state index is -0.329. The number of fused-ring (bicyclic) bond motifs is 7. The molecular weight excluding hydrogens is 444 g/mol. The number of aromatic nitrogens is 2. The van der Waals surface area contributed by atoms with Crippen molar-refractivity contribution in [2.45, 2.75) is 0 Å². The van der Waals surface area contributed by atoms with Crippen molar-refractivity contribution in [2.75, 3.05) is 0 Å². The van der Waals surface area contributed by atoms with Gasteiger partial charge in [-0.05, 0) is 47.9 Å². The number of hydrogen-bond donors (Lipinski definition) is 0. The van der Waals surface area contributed by atoms with E-state index in [1.165, 1.54) is 4.57 Å². The Morgan fingerprint density at radius 2 is 0.889 bits per heavy atom. The van der Waals surface area contributed by atoms with Crippen LogP contribution in [0.25, 0.3) is 54.7 Å². The molecular formula is C32H20N2O2. The van der Waals surface area contributed by atoms with Gasteiger partial charge in [-0.25, -0.2) is 4.57 Å². The van der Waals surface area contributed by atoms with Crippen LogP contribution in [0.3, 0.4) is 0 Å². The maximum absolute atomic E-state index is 14.1. The van der Waals surface area contributed by atoms with Gasteiger partial charge < -0.3 is 4.57 Å². The lowest BCUT2D eigenvalue weighted by molar-refractivity contribution is 0.976. The summed E-state index contributed by atoms with van der Waals surface area (Å²) < 4.78 is 3.50. The molecule has 0 aliphatic heterocycles. The van der Waals surface area contributed by atoms with Crippen LogP contribution in [0, 0.1) is 0 Å². The molecule has 0 radical (unpaired) electrons. The zero-order valence-corrected chi connectivity index (χ0v) is 19.3. The fourth-order valence-corrected chi connectivity index (χ4v) is 5.39. The molecule has 7 rings (SSSR count). The van der Waals surface area contributed by atoms with Crippen LogP contribution in [0.4, 0.5) is 0 Å². The van der Waals surface area contributed by atoms with Crippen molar-refractivity contribution in [1.29, 1.82) is 0 Å². The lowest BCUT2D eigenvalue weighted by Crippen LogP contribution is -2.28. The minimum Gasteiger partial charge on any atom is -0.309 e. The van der Waals surface area contributed by atoms with Gasteiger partial charge in [0.05, 0.1) is 22.1 Å². The predicted octanol–water partition coefficient (Wildman–Crippen LogP) is 6.60. The van der Waals surface area contributed by atoms with E-state index in [2.05, 4.69) is 28.8 Å². The highest BCUT2D eigenvalue weighted by Crippen LogP contribution is 2.37. The van der Waals surface area contributed by atoms with Crippen LogP contribution in [0.2, 0.25) is 0 Å². The summed E-state index contributed by atoms with van der Waals surface area (Å²) in [6, 6.07) is 39.0. The molecule has 4 nitrogen and oxygen atoms in total. The van der Waals surface area contributed by atoms with E-state index in [1.54, 1.807) is 12.1 Å². The number of para-hydroxylation sites is 3. The second kappa shape index (κ2) is 7.79. The highest BCUT2D eigenvalue weighted by Gasteiger charge is 2.19. The summed E-state index contributed by atoms with van der Waals surface area (Å²) >= 11 is 0. The van der Waals surface area contributed by atoms with Crippen molar-refractivity contribution in [3.05, 3.63) is 142 Å². The summed E-state index contributed by atoms with van der Waals surface area (Å²) in [4.78, 5) is 28.0. The summed E-state index contributed by atoms with van der Waals surface area (Å²) in [5, 5.41) is 4.68. The molecule has 0 amide bonds. The topological polar surface area (TPSA) is 44.0 Å². The molecule has 0 bridgehead atoms. The zero-order valence-electron chi connectivity index (χ0n) is 19.3. The average Bonchev–Trinajstić information content (AvgIpc) is 3.23. The average molecular weight is 465 g/mol. The fourth-order valence-electron chi connectivity index (χ4n) is 5.39. The van der Waals surface area contributed by atoms with Crippen molar-refractivity contribution >= 4 is 43.4 Å². The molecule has 170 valence electrons. The van der Waals surface area contributed by atoms with Crippen molar-refractivity contribution in [1.82, 2.24) is 9.13 Å². The Balaban J connectivity index is 1.84. The van der Waals surface area contributed by atoms with E-state index in [9.17, 15) is 9.59 Å². The van der Waals surface area contributed by atoms with Gasteiger partial charge in [0.2, 0.25) is 0 Å². The summed E-state index contributed by atoms with van der Waals surface area (Å²) in [5.74, 6) is 0. The normalized spacial score (nSPS) is 11.6. The van der Waals surface area contributed by atoms with E-state index >= 15 is 0 Å². The Bertz CT molecular complexity index is 2070. The van der Waals surface area contributed by atoms with Gasteiger partial charge in [-0.1, -0.05) is 78.9 Å². The van der Waals surface area contributed by atoms with E-state index in [4.69, 9.17) is 0 Å². The van der Waals surface area contributed by atoms with Crippen LogP contribution >= 0.6 is 0 Å². The van der Waals surface area contributed by atoms with Gasteiger partial charge in [0.15, 0.2) is 0 Å². The van der Waals surface area contributed by atoms with Gasteiger partial charge in [0.25, 0.3) is 11.1 Å². The standard InChI is InChI=1S/C32H20N2O2/c35-31-26-17-8-7-16-24(26)29-27(32(36)34(31)22-13-5-2-6-14-22)20-19-25-23-15-9-10-18-28(23)33(30(25)29)21-11-3-1-4-12-21/h1-20H. The summed E-state index contributed by atoms with van der Waals surface area (Å²) in [6.45, 7) is 0.